The van der Waals surface area contributed by atoms with Gasteiger partial charge in [0.2, 0.25) is 0 Å². The Hall–Kier alpha value is -2.98. The molecular formula is C25H25FN2O. The number of nitrogens with zero attached hydrogens (tertiary/aromatic N) is 2. The number of likely N-dealkylation sites (tertiary alicyclic amines) is 1. The average molecular weight is 388 g/mol. The van der Waals surface area contributed by atoms with Crippen molar-refractivity contribution in [2.45, 2.75) is 31.5 Å². The highest BCUT2D eigenvalue weighted by Gasteiger charge is 2.33. The zero-order valence-corrected chi connectivity index (χ0v) is 16.5. The van der Waals surface area contributed by atoms with Crippen molar-refractivity contribution in [2.24, 2.45) is 5.16 Å². The molecule has 0 saturated carbocycles. The summed E-state index contributed by atoms with van der Waals surface area (Å²) in [7, 11) is 2.17. The molecule has 1 heterocycles. The van der Waals surface area contributed by atoms with E-state index in [0.717, 1.165) is 18.6 Å². The Labute approximate surface area is 171 Å². The van der Waals surface area contributed by atoms with E-state index >= 15 is 0 Å². The predicted molar refractivity (Wildman–Crippen MR) is 114 cm³/mol. The molecule has 0 aliphatic carbocycles. The first kappa shape index (κ1) is 19.3. The minimum atomic E-state index is -0.264. The van der Waals surface area contributed by atoms with Gasteiger partial charge in [-0.05, 0) is 24.2 Å². The molecule has 4 heteroatoms. The third-order valence-corrected chi connectivity index (χ3v) is 5.58. The van der Waals surface area contributed by atoms with Gasteiger partial charge in [0.25, 0.3) is 0 Å². The van der Waals surface area contributed by atoms with Crippen molar-refractivity contribution in [1.82, 2.24) is 4.90 Å². The number of hydrogen-bond acceptors (Lipinski definition) is 3. The molecule has 0 radical (unpaired) electrons. The summed E-state index contributed by atoms with van der Waals surface area (Å²) in [4.78, 5) is 7.99. The molecule has 0 N–H and O–H groups in total. The fourth-order valence-corrected chi connectivity index (χ4v) is 3.97. The highest BCUT2D eigenvalue weighted by molar-refractivity contribution is 5.86. The monoisotopic (exact) mass is 388 g/mol. The van der Waals surface area contributed by atoms with Crippen LogP contribution in [0.15, 0.2) is 90.1 Å². The minimum absolute atomic E-state index is 0.137. The Balaban J connectivity index is 1.57. The lowest BCUT2D eigenvalue weighted by molar-refractivity contribution is 0.116. The third-order valence-electron chi connectivity index (χ3n) is 5.58. The van der Waals surface area contributed by atoms with Gasteiger partial charge in [-0.25, -0.2) is 4.39 Å². The molecule has 4 rings (SSSR count). The molecule has 2 atom stereocenters. The molecule has 1 saturated heterocycles. The van der Waals surface area contributed by atoms with Gasteiger partial charge in [-0.15, -0.1) is 0 Å². The normalized spacial score (nSPS) is 19.7. The number of hydrogen-bond donors (Lipinski definition) is 0. The van der Waals surface area contributed by atoms with Gasteiger partial charge >= 0.3 is 0 Å². The standard InChI is InChI=1S/C25H25FN2O/c1-28-24(19-10-4-2-5-11-19)16-22(17-25(28)20-12-6-3-7-13-20)27-29-18-21-14-8-9-15-23(21)26/h2-15,24-25H,16-18H2,1H3. The van der Waals surface area contributed by atoms with Crippen LogP contribution >= 0.6 is 0 Å². The van der Waals surface area contributed by atoms with Crippen LogP contribution in [0.3, 0.4) is 0 Å². The van der Waals surface area contributed by atoms with Crippen molar-refractivity contribution in [1.29, 1.82) is 0 Å². The van der Waals surface area contributed by atoms with Gasteiger partial charge in [-0.2, -0.15) is 0 Å². The SMILES string of the molecule is CN1C(c2ccccc2)CC(=NOCc2ccccc2F)CC1c1ccccc1. The molecule has 1 aliphatic rings. The first-order valence-electron chi connectivity index (χ1n) is 9.95. The topological polar surface area (TPSA) is 24.8 Å². The molecule has 0 bridgehead atoms. The molecule has 3 aromatic rings. The Bertz CT molecular complexity index is 907. The number of benzene rings is 3. The van der Waals surface area contributed by atoms with Crippen LogP contribution in [0.2, 0.25) is 0 Å². The molecule has 0 amide bonds. The van der Waals surface area contributed by atoms with E-state index in [2.05, 4.69) is 65.6 Å². The Kier molecular flexibility index (Phi) is 6.01. The van der Waals surface area contributed by atoms with E-state index in [-0.39, 0.29) is 24.5 Å². The van der Waals surface area contributed by atoms with Crippen LogP contribution in [0.5, 0.6) is 0 Å². The summed E-state index contributed by atoms with van der Waals surface area (Å²) in [5, 5.41) is 4.43. The Morgan fingerprint density at radius 3 is 1.90 bits per heavy atom. The Morgan fingerprint density at radius 2 is 1.34 bits per heavy atom. The maximum Gasteiger partial charge on any atom is 0.145 e. The van der Waals surface area contributed by atoms with Gasteiger partial charge in [0.15, 0.2) is 0 Å². The first-order valence-corrected chi connectivity index (χ1v) is 9.95. The van der Waals surface area contributed by atoms with Crippen LogP contribution in [-0.2, 0) is 11.4 Å². The lowest BCUT2D eigenvalue weighted by atomic mass is 9.87. The molecule has 1 fully saturated rings. The molecule has 3 aromatic carbocycles. The van der Waals surface area contributed by atoms with Crippen molar-refractivity contribution >= 4 is 5.71 Å². The summed E-state index contributed by atoms with van der Waals surface area (Å²) >= 11 is 0. The first-order chi connectivity index (χ1) is 14.2. The van der Waals surface area contributed by atoms with Crippen LogP contribution in [-0.4, -0.2) is 17.7 Å². The van der Waals surface area contributed by atoms with Crippen molar-refractivity contribution < 1.29 is 9.23 Å². The van der Waals surface area contributed by atoms with Crippen molar-refractivity contribution in [3.05, 3.63) is 107 Å². The van der Waals surface area contributed by atoms with E-state index < -0.39 is 0 Å². The van der Waals surface area contributed by atoms with E-state index in [1.54, 1.807) is 18.2 Å². The second-order valence-corrected chi connectivity index (χ2v) is 7.45. The lowest BCUT2D eigenvalue weighted by Crippen LogP contribution is -2.37. The predicted octanol–water partition coefficient (Wildman–Crippen LogP) is 5.91. The van der Waals surface area contributed by atoms with Gasteiger partial charge in [0.1, 0.15) is 12.4 Å². The van der Waals surface area contributed by atoms with Gasteiger partial charge in [0, 0.05) is 30.5 Å². The second kappa shape index (κ2) is 9.01. The minimum Gasteiger partial charge on any atom is -0.391 e. The fourth-order valence-electron chi connectivity index (χ4n) is 3.97. The van der Waals surface area contributed by atoms with Crippen molar-refractivity contribution in [3.8, 4) is 0 Å². The maximum absolute atomic E-state index is 13.8. The molecule has 148 valence electrons. The van der Waals surface area contributed by atoms with Crippen LogP contribution in [0.25, 0.3) is 0 Å². The molecule has 3 nitrogen and oxygen atoms in total. The van der Waals surface area contributed by atoms with Crippen LogP contribution in [0.4, 0.5) is 4.39 Å². The summed E-state index contributed by atoms with van der Waals surface area (Å²) < 4.78 is 13.8. The molecule has 2 unspecified atom stereocenters. The highest BCUT2D eigenvalue weighted by atomic mass is 19.1. The van der Waals surface area contributed by atoms with Gasteiger partial charge in [-0.3, -0.25) is 4.90 Å². The second-order valence-electron chi connectivity index (χ2n) is 7.45. The van der Waals surface area contributed by atoms with Crippen molar-refractivity contribution in [3.63, 3.8) is 0 Å². The van der Waals surface area contributed by atoms with E-state index in [1.807, 2.05) is 12.1 Å². The highest BCUT2D eigenvalue weighted by Crippen LogP contribution is 2.39. The number of piperidine rings is 1. The fraction of sp³-hybridized carbons (Fsp3) is 0.240. The summed E-state index contributed by atoms with van der Waals surface area (Å²) in [5.74, 6) is -0.264. The van der Waals surface area contributed by atoms with Gasteiger partial charge in [0.05, 0.1) is 5.71 Å². The van der Waals surface area contributed by atoms with Gasteiger partial charge in [-0.1, -0.05) is 84.0 Å². The molecule has 1 aliphatic heterocycles. The zero-order chi connectivity index (χ0) is 20.1. The van der Waals surface area contributed by atoms with E-state index in [1.165, 1.54) is 17.2 Å². The van der Waals surface area contributed by atoms with E-state index in [9.17, 15) is 4.39 Å². The van der Waals surface area contributed by atoms with Crippen LogP contribution in [0, 0.1) is 5.82 Å². The zero-order valence-electron chi connectivity index (χ0n) is 16.5. The number of rotatable bonds is 5. The smallest absolute Gasteiger partial charge is 0.145 e. The summed E-state index contributed by atoms with van der Waals surface area (Å²) in [6.45, 7) is 0.137. The van der Waals surface area contributed by atoms with E-state index in [4.69, 9.17) is 4.84 Å². The average Bonchev–Trinajstić information content (AvgIpc) is 2.77. The summed E-state index contributed by atoms with van der Waals surface area (Å²) in [6, 6.07) is 28.1. The molecule has 29 heavy (non-hydrogen) atoms. The number of halogens is 1. The van der Waals surface area contributed by atoms with Gasteiger partial charge < -0.3 is 4.84 Å². The Morgan fingerprint density at radius 1 is 0.828 bits per heavy atom. The third kappa shape index (κ3) is 4.54. The van der Waals surface area contributed by atoms with Crippen LogP contribution < -0.4 is 0 Å². The summed E-state index contributed by atoms with van der Waals surface area (Å²) in [5.41, 5.74) is 4.04. The molecule has 0 aromatic heterocycles. The van der Waals surface area contributed by atoms with E-state index in [0.29, 0.717) is 5.56 Å². The summed E-state index contributed by atoms with van der Waals surface area (Å²) in [6.07, 6.45) is 1.59. The van der Waals surface area contributed by atoms with Crippen LogP contribution in [0.1, 0.15) is 41.6 Å². The van der Waals surface area contributed by atoms with Crippen molar-refractivity contribution in [2.75, 3.05) is 7.05 Å². The quantitative estimate of drug-likeness (QED) is 0.508. The molecular weight excluding hydrogens is 363 g/mol. The lowest BCUT2D eigenvalue weighted by Gasteiger charge is -2.40. The molecule has 0 spiro atoms. The largest absolute Gasteiger partial charge is 0.391 e. The maximum atomic E-state index is 13.8. The number of oxime groups is 1.